The lowest BCUT2D eigenvalue weighted by Gasteiger charge is -2.09. The Morgan fingerprint density at radius 3 is 1.64 bits per heavy atom. The molecule has 4 heteroatoms. The first-order chi connectivity index (χ1) is 16.0. The average Bonchev–Trinajstić information content (AvgIpc) is 2.84. The summed E-state index contributed by atoms with van der Waals surface area (Å²) in [5.41, 5.74) is 3.32. The van der Waals surface area contributed by atoms with Crippen molar-refractivity contribution in [1.82, 2.24) is 0 Å². The topological polar surface area (TPSA) is 52.6 Å². The molecule has 3 aromatic rings. The molecule has 0 spiro atoms. The van der Waals surface area contributed by atoms with E-state index in [0.717, 1.165) is 32.1 Å². The van der Waals surface area contributed by atoms with Crippen molar-refractivity contribution in [2.75, 3.05) is 0 Å². The third-order valence-corrected chi connectivity index (χ3v) is 5.72. The van der Waals surface area contributed by atoms with Crippen molar-refractivity contribution < 1.29 is 19.1 Å². The Morgan fingerprint density at radius 1 is 0.697 bits per heavy atom. The Bertz CT molecular complexity index is 1030. The van der Waals surface area contributed by atoms with Gasteiger partial charge in [0, 0.05) is 0 Å². The van der Waals surface area contributed by atoms with Crippen LogP contribution in [0.4, 0.5) is 0 Å². The van der Waals surface area contributed by atoms with Gasteiger partial charge in [-0.25, -0.2) is 9.59 Å². The molecule has 1 atom stereocenters. The van der Waals surface area contributed by atoms with Crippen LogP contribution in [0.5, 0.6) is 11.5 Å². The highest BCUT2D eigenvalue weighted by Gasteiger charge is 2.12. The van der Waals surface area contributed by atoms with Crippen LogP contribution in [-0.2, 0) is 12.8 Å². The van der Waals surface area contributed by atoms with Crippen molar-refractivity contribution in [3.05, 3.63) is 95.1 Å². The molecule has 172 valence electrons. The van der Waals surface area contributed by atoms with Gasteiger partial charge in [-0.1, -0.05) is 57.9 Å². The quantitative estimate of drug-likeness (QED) is 0.248. The van der Waals surface area contributed by atoms with Crippen LogP contribution in [0.3, 0.4) is 0 Å². The number of aryl methyl sites for hydroxylation is 1. The lowest BCUT2D eigenvalue weighted by molar-refractivity contribution is 0.0730. The van der Waals surface area contributed by atoms with Gasteiger partial charge < -0.3 is 9.47 Å². The van der Waals surface area contributed by atoms with Crippen molar-refractivity contribution in [3.63, 3.8) is 0 Å². The van der Waals surface area contributed by atoms with Gasteiger partial charge in [-0.15, -0.1) is 0 Å². The summed E-state index contributed by atoms with van der Waals surface area (Å²) in [5, 5.41) is 0. The first kappa shape index (κ1) is 24.2. The van der Waals surface area contributed by atoms with E-state index in [0.29, 0.717) is 28.5 Å². The van der Waals surface area contributed by atoms with E-state index in [1.165, 1.54) is 11.1 Å². The van der Waals surface area contributed by atoms with Gasteiger partial charge in [-0.3, -0.25) is 0 Å². The zero-order chi connectivity index (χ0) is 23.6. The minimum atomic E-state index is -0.453. The minimum Gasteiger partial charge on any atom is -0.423 e. The summed E-state index contributed by atoms with van der Waals surface area (Å²) in [4.78, 5) is 24.9. The van der Waals surface area contributed by atoms with Crippen LogP contribution in [0.15, 0.2) is 72.8 Å². The zero-order valence-electron chi connectivity index (χ0n) is 19.7. The molecule has 0 saturated heterocycles. The maximum absolute atomic E-state index is 12.4. The van der Waals surface area contributed by atoms with E-state index in [9.17, 15) is 9.59 Å². The maximum atomic E-state index is 12.4. The first-order valence-corrected chi connectivity index (χ1v) is 11.7. The SMILES string of the molecule is CCCCc1ccc(OC(=O)c2ccc(OC(=O)c3ccc(CC(C)CC)cc3)cc2)cc1. The summed E-state index contributed by atoms with van der Waals surface area (Å²) in [7, 11) is 0. The Kier molecular flexibility index (Phi) is 8.82. The van der Waals surface area contributed by atoms with E-state index in [-0.39, 0.29) is 0 Å². The van der Waals surface area contributed by atoms with Crippen LogP contribution in [0, 0.1) is 5.92 Å². The summed E-state index contributed by atoms with van der Waals surface area (Å²) in [5.74, 6) is 0.612. The van der Waals surface area contributed by atoms with E-state index >= 15 is 0 Å². The molecule has 4 nitrogen and oxygen atoms in total. The predicted octanol–water partition coefficient (Wildman–Crippen LogP) is 7.06. The molecule has 0 saturated carbocycles. The van der Waals surface area contributed by atoms with Gasteiger partial charge in [0.05, 0.1) is 11.1 Å². The fraction of sp³-hybridized carbons (Fsp3) is 0.310. The summed E-state index contributed by atoms with van der Waals surface area (Å²) in [6.07, 6.45) is 5.42. The standard InChI is InChI=1S/C29H32O4/c1-4-6-7-22-10-16-26(17-11-22)32-29(31)25-14-18-27(19-15-25)33-28(30)24-12-8-23(9-13-24)20-21(3)5-2/h8-19,21H,4-7,20H2,1-3H3. The number of hydrogen-bond donors (Lipinski definition) is 0. The number of carbonyl (C=O) groups is 2. The van der Waals surface area contributed by atoms with E-state index in [2.05, 4.69) is 20.8 Å². The summed E-state index contributed by atoms with van der Waals surface area (Å²) in [6, 6.07) is 21.5. The van der Waals surface area contributed by atoms with E-state index in [1.54, 1.807) is 36.4 Å². The van der Waals surface area contributed by atoms with Crippen molar-refractivity contribution in [1.29, 1.82) is 0 Å². The van der Waals surface area contributed by atoms with Crippen LogP contribution < -0.4 is 9.47 Å². The van der Waals surface area contributed by atoms with Crippen molar-refractivity contribution in [2.24, 2.45) is 5.92 Å². The third-order valence-electron chi connectivity index (χ3n) is 5.72. The Balaban J connectivity index is 1.55. The zero-order valence-corrected chi connectivity index (χ0v) is 19.7. The lowest BCUT2D eigenvalue weighted by Crippen LogP contribution is -2.10. The van der Waals surface area contributed by atoms with Crippen LogP contribution in [0.25, 0.3) is 0 Å². The third kappa shape index (κ3) is 7.31. The molecule has 33 heavy (non-hydrogen) atoms. The molecule has 0 N–H and O–H groups in total. The maximum Gasteiger partial charge on any atom is 0.343 e. The highest BCUT2D eigenvalue weighted by atomic mass is 16.5. The predicted molar refractivity (Wildman–Crippen MR) is 131 cm³/mol. The second kappa shape index (κ2) is 12.0. The van der Waals surface area contributed by atoms with Gasteiger partial charge in [-0.05, 0) is 84.8 Å². The van der Waals surface area contributed by atoms with Gasteiger partial charge in [0.25, 0.3) is 0 Å². The molecule has 0 fully saturated rings. The van der Waals surface area contributed by atoms with E-state index in [4.69, 9.17) is 9.47 Å². The largest absolute Gasteiger partial charge is 0.423 e. The highest BCUT2D eigenvalue weighted by molar-refractivity contribution is 5.92. The normalized spacial score (nSPS) is 11.6. The number of unbranched alkanes of at least 4 members (excludes halogenated alkanes) is 1. The number of carbonyl (C=O) groups excluding carboxylic acids is 2. The summed E-state index contributed by atoms with van der Waals surface area (Å²) >= 11 is 0. The summed E-state index contributed by atoms with van der Waals surface area (Å²) in [6.45, 7) is 6.55. The van der Waals surface area contributed by atoms with Crippen molar-refractivity contribution in [3.8, 4) is 11.5 Å². The molecule has 0 aliphatic rings. The molecule has 0 amide bonds. The Labute approximate surface area is 196 Å². The molecule has 3 rings (SSSR count). The highest BCUT2D eigenvalue weighted by Crippen LogP contribution is 2.19. The minimum absolute atomic E-state index is 0.375. The molecule has 0 bridgehead atoms. The van der Waals surface area contributed by atoms with Gasteiger partial charge in [0.15, 0.2) is 0 Å². The van der Waals surface area contributed by atoms with Gasteiger partial charge in [0.1, 0.15) is 11.5 Å². The van der Waals surface area contributed by atoms with Gasteiger partial charge in [0.2, 0.25) is 0 Å². The number of hydrogen-bond acceptors (Lipinski definition) is 4. The van der Waals surface area contributed by atoms with Crippen LogP contribution in [-0.4, -0.2) is 11.9 Å². The molecule has 3 aromatic carbocycles. The Morgan fingerprint density at radius 2 is 1.15 bits per heavy atom. The monoisotopic (exact) mass is 444 g/mol. The van der Waals surface area contributed by atoms with E-state index in [1.807, 2.05) is 36.4 Å². The van der Waals surface area contributed by atoms with Gasteiger partial charge >= 0.3 is 11.9 Å². The van der Waals surface area contributed by atoms with Crippen molar-refractivity contribution >= 4 is 11.9 Å². The number of ether oxygens (including phenoxy) is 2. The molecule has 1 unspecified atom stereocenters. The first-order valence-electron chi connectivity index (χ1n) is 11.7. The van der Waals surface area contributed by atoms with E-state index < -0.39 is 11.9 Å². The number of benzene rings is 3. The van der Waals surface area contributed by atoms with Crippen molar-refractivity contribution in [2.45, 2.75) is 52.9 Å². The molecule has 0 aromatic heterocycles. The molecule has 0 aliphatic carbocycles. The average molecular weight is 445 g/mol. The Hall–Kier alpha value is -3.40. The lowest BCUT2D eigenvalue weighted by atomic mass is 9.98. The fourth-order valence-electron chi connectivity index (χ4n) is 3.42. The van der Waals surface area contributed by atoms with Crippen LogP contribution in [0.2, 0.25) is 0 Å². The second-order valence-corrected chi connectivity index (χ2v) is 8.47. The molecular formula is C29H32O4. The number of esters is 2. The van der Waals surface area contributed by atoms with Crippen LogP contribution >= 0.6 is 0 Å². The fourth-order valence-corrected chi connectivity index (χ4v) is 3.42. The molecule has 0 aliphatic heterocycles. The second-order valence-electron chi connectivity index (χ2n) is 8.47. The molecule has 0 heterocycles. The van der Waals surface area contributed by atoms with Crippen LogP contribution in [0.1, 0.15) is 71.9 Å². The number of rotatable bonds is 10. The molecule has 0 radical (unpaired) electrons. The smallest absolute Gasteiger partial charge is 0.343 e. The van der Waals surface area contributed by atoms with Gasteiger partial charge in [-0.2, -0.15) is 0 Å². The summed E-state index contributed by atoms with van der Waals surface area (Å²) < 4.78 is 10.9. The molecular weight excluding hydrogens is 412 g/mol.